The molecule has 1 aromatic carbocycles. The third kappa shape index (κ3) is 3.12. The second kappa shape index (κ2) is 5.40. The molecule has 0 atom stereocenters. The molecular weight excluding hydrogens is 310 g/mol. The third-order valence-electron chi connectivity index (χ3n) is 2.79. The largest absolute Gasteiger partial charge is 0.477 e. The van der Waals surface area contributed by atoms with E-state index >= 15 is 0 Å². The molecule has 0 spiro atoms. The van der Waals surface area contributed by atoms with Crippen LogP contribution in [-0.2, 0) is 6.54 Å². The Morgan fingerprint density at radius 3 is 2.42 bits per heavy atom. The Labute approximate surface area is 118 Å². The van der Waals surface area contributed by atoms with Crippen LogP contribution in [0.5, 0.6) is 0 Å². The van der Waals surface area contributed by atoms with Crippen LogP contribution in [0.4, 0.5) is 0 Å². The highest BCUT2D eigenvalue weighted by Gasteiger charge is 2.14. The Bertz CT molecular complexity index is 629. The predicted octanol–water partition coefficient (Wildman–Crippen LogP) is 3.20. The fourth-order valence-electron chi connectivity index (χ4n) is 1.80. The van der Waals surface area contributed by atoms with Crippen molar-refractivity contribution in [3.05, 3.63) is 57.8 Å². The summed E-state index contributed by atoms with van der Waals surface area (Å²) >= 11 is 3.35. The molecule has 98 valence electrons. The van der Waals surface area contributed by atoms with Crippen molar-refractivity contribution in [1.82, 2.24) is 4.57 Å². The highest BCUT2D eigenvalue weighted by atomic mass is 79.9. The van der Waals surface area contributed by atoms with Gasteiger partial charge >= 0.3 is 5.97 Å². The molecule has 0 unspecified atom stereocenters. The minimum absolute atomic E-state index is 0.119. The molecule has 0 saturated carbocycles. The van der Waals surface area contributed by atoms with Crippen LogP contribution in [0.1, 0.15) is 33.3 Å². The van der Waals surface area contributed by atoms with Crippen LogP contribution in [0.15, 0.2) is 41.0 Å². The van der Waals surface area contributed by atoms with E-state index in [1.807, 2.05) is 24.3 Å². The minimum Gasteiger partial charge on any atom is -0.477 e. The van der Waals surface area contributed by atoms with E-state index in [2.05, 4.69) is 15.9 Å². The van der Waals surface area contributed by atoms with E-state index in [-0.39, 0.29) is 11.5 Å². The lowest BCUT2D eigenvalue weighted by atomic mass is 10.2. The standard InChI is InChI=1S/C14H12BrNO3/c1-9(17)11-6-13(14(18)19)16(8-11)7-10-2-4-12(15)5-3-10/h2-6,8H,7H2,1H3,(H,18,19). The second-order valence-corrected chi connectivity index (χ2v) is 5.15. The van der Waals surface area contributed by atoms with Crippen molar-refractivity contribution < 1.29 is 14.7 Å². The van der Waals surface area contributed by atoms with E-state index in [9.17, 15) is 9.59 Å². The molecule has 1 heterocycles. The molecule has 19 heavy (non-hydrogen) atoms. The Hall–Kier alpha value is -1.88. The van der Waals surface area contributed by atoms with Gasteiger partial charge in [-0.3, -0.25) is 4.79 Å². The Balaban J connectivity index is 2.35. The smallest absolute Gasteiger partial charge is 0.352 e. The first-order valence-corrected chi connectivity index (χ1v) is 6.45. The fraction of sp³-hybridized carbons (Fsp3) is 0.143. The second-order valence-electron chi connectivity index (χ2n) is 4.23. The van der Waals surface area contributed by atoms with Gasteiger partial charge in [-0.1, -0.05) is 28.1 Å². The summed E-state index contributed by atoms with van der Waals surface area (Å²) < 4.78 is 2.54. The van der Waals surface area contributed by atoms with Crippen LogP contribution in [0.25, 0.3) is 0 Å². The maximum absolute atomic E-state index is 11.3. The van der Waals surface area contributed by atoms with Crippen molar-refractivity contribution in [1.29, 1.82) is 0 Å². The number of Topliss-reactive ketones (excluding diaryl/α,β-unsaturated/α-hetero) is 1. The molecule has 0 saturated heterocycles. The van der Waals surface area contributed by atoms with Crippen molar-refractivity contribution in [2.45, 2.75) is 13.5 Å². The number of benzene rings is 1. The summed E-state index contributed by atoms with van der Waals surface area (Å²) in [7, 11) is 0. The van der Waals surface area contributed by atoms with Crippen molar-refractivity contribution in [3.63, 3.8) is 0 Å². The van der Waals surface area contributed by atoms with Gasteiger partial charge in [-0.2, -0.15) is 0 Å². The molecule has 0 radical (unpaired) electrons. The lowest BCUT2D eigenvalue weighted by Gasteiger charge is -2.06. The maximum atomic E-state index is 11.3. The summed E-state index contributed by atoms with van der Waals surface area (Å²) in [5.41, 5.74) is 1.50. The summed E-state index contributed by atoms with van der Waals surface area (Å²) in [6.45, 7) is 1.84. The van der Waals surface area contributed by atoms with Gasteiger partial charge in [0.25, 0.3) is 0 Å². The number of ketones is 1. The SMILES string of the molecule is CC(=O)c1cc(C(=O)O)n(Cc2ccc(Br)cc2)c1. The molecule has 4 nitrogen and oxygen atoms in total. The average Bonchev–Trinajstić information content (AvgIpc) is 2.76. The van der Waals surface area contributed by atoms with Crippen molar-refractivity contribution >= 4 is 27.7 Å². The van der Waals surface area contributed by atoms with Gasteiger partial charge in [0.05, 0.1) is 0 Å². The van der Waals surface area contributed by atoms with Gasteiger partial charge in [-0.15, -0.1) is 0 Å². The molecule has 0 aliphatic heterocycles. The lowest BCUT2D eigenvalue weighted by Crippen LogP contribution is -2.08. The minimum atomic E-state index is -1.04. The highest BCUT2D eigenvalue weighted by molar-refractivity contribution is 9.10. The Morgan fingerprint density at radius 1 is 1.26 bits per heavy atom. The molecule has 2 aromatic rings. The van der Waals surface area contributed by atoms with Crippen molar-refractivity contribution in [2.24, 2.45) is 0 Å². The topological polar surface area (TPSA) is 59.3 Å². The number of aromatic carboxylic acids is 1. The summed E-state index contributed by atoms with van der Waals surface area (Å²) in [5.74, 6) is -1.18. The Kier molecular flexibility index (Phi) is 3.85. The number of hydrogen-bond donors (Lipinski definition) is 1. The Morgan fingerprint density at radius 2 is 1.89 bits per heavy atom. The summed E-state index contributed by atoms with van der Waals surface area (Å²) in [5, 5.41) is 9.14. The van der Waals surface area contributed by atoms with Gasteiger partial charge in [0, 0.05) is 22.8 Å². The molecule has 1 N–H and O–H groups in total. The molecule has 0 aliphatic carbocycles. The maximum Gasteiger partial charge on any atom is 0.352 e. The van der Waals surface area contributed by atoms with Crippen LogP contribution < -0.4 is 0 Å². The van der Waals surface area contributed by atoms with E-state index in [0.717, 1.165) is 10.0 Å². The first-order valence-electron chi connectivity index (χ1n) is 5.66. The van der Waals surface area contributed by atoms with E-state index < -0.39 is 5.97 Å². The van der Waals surface area contributed by atoms with Crippen LogP contribution in [0.2, 0.25) is 0 Å². The number of aromatic nitrogens is 1. The summed E-state index contributed by atoms with van der Waals surface area (Å²) in [6, 6.07) is 9.01. The van der Waals surface area contributed by atoms with E-state index in [1.165, 1.54) is 13.0 Å². The fourth-order valence-corrected chi connectivity index (χ4v) is 2.06. The third-order valence-corrected chi connectivity index (χ3v) is 3.32. The first kappa shape index (κ1) is 13.5. The molecule has 0 bridgehead atoms. The van der Waals surface area contributed by atoms with Gasteiger partial charge in [-0.25, -0.2) is 4.79 Å². The van der Waals surface area contributed by atoms with Crippen LogP contribution >= 0.6 is 15.9 Å². The lowest BCUT2D eigenvalue weighted by molar-refractivity contribution is 0.0685. The number of nitrogens with zero attached hydrogens (tertiary/aromatic N) is 1. The van der Waals surface area contributed by atoms with Gasteiger partial charge in [0.2, 0.25) is 0 Å². The molecular formula is C14H12BrNO3. The molecule has 0 fully saturated rings. The van der Waals surface area contributed by atoms with E-state index in [0.29, 0.717) is 12.1 Å². The number of halogens is 1. The zero-order valence-electron chi connectivity index (χ0n) is 10.3. The zero-order valence-corrected chi connectivity index (χ0v) is 11.8. The molecule has 0 amide bonds. The zero-order chi connectivity index (χ0) is 14.0. The normalized spacial score (nSPS) is 10.4. The van der Waals surface area contributed by atoms with Gasteiger partial charge in [0.1, 0.15) is 5.69 Å². The van der Waals surface area contributed by atoms with E-state index in [1.54, 1.807) is 10.8 Å². The molecule has 0 aliphatic rings. The van der Waals surface area contributed by atoms with Crippen molar-refractivity contribution in [3.8, 4) is 0 Å². The number of carbonyl (C=O) groups is 2. The average molecular weight is 322 g/mol. The number of hydrogen-bond acceptors (Lipinski definition) is 2. The summed E-state index contributed by atoms with van der Waals surface area (Å²) in [4.78, 5) is 22.5. The van der Waals surface area contributed by atoms with Crippen LogP contribution in [0.3, 0.4) is 0 Å². The van der Waals surface area contributed by atoms with Crippen LogP contribution in [0, 0.1) is 0 Å². The number of carbonyl (C=O) groups excluding carboxylic acids is 1. The van der Waals surface area contributed by atoms with Gasteiger partial charge < -0.3 is 9.67 Å². The summed E-state index contributed by atoms with van der Waals surface area (Å²) in [6.07, 6.45) is 1.58. The molecule has 5 heteroatoms. The number of carboxylic acids is 1. The monoisotopic (exact) mass is 321 g/mol. The number of rotatable bonds is 4. The quantitative estimate of drug-likeness (QED) is 0.880. The predicted molar refractivity (Wildman–Crippen MR) is 74.6 cm³/mol. The van der Waals surface area contributed by atoms with Crippen LogP contribution in [-0.4, -0.2) is 21.4 Å². The van der Waals surface area contributed by atoms with Gasteiger partial charge in [-0.05, 0) is 30.7 Å². The first-order chi connectivity index (χ1) is 8.97. The molecule has 1 aromatic heterocycles. The highest BCUT2D eigenvalue weighted by Crippen LogP contribution is 2.15. The van der Waals surface area contributed by atoms with Crippen molar-refractivity contribution in [2.75, 3.05) is 0 Å². The van der Waals surface area contributed by atoms with Gasteiger partial charge in [0.15, 0.2) is 5.78 Å². The molecule has 2 rings (SSSR count). The number of carboxylic acid groups (broad SMARTS) is 1. The van der Waals surface area contributed by atoms with E-state index in [4.69, 9.17) is 5.11 Å².